The third kappa shape index (κ3) is 3.90. The molecule has 0 aromatic heterocycles. The lowest BCUT2D eigenvalue weighted by atomic mass is 10.1. The van der Waals surface area contributed by atoms with E-state index in [9.17, 15) is 14.4 Å². The molecule has 4 amide bonds. The highest BCUT2D eigenvalue weighted by atomic mass is 16.5. The van der Waals surface area contributed by atoms with E-state index in [1.165, 1.54) is 12.8 Å². The molecule has 0 radical (unpaired) electrons. The van der Waals surface area contributed by atoms with Gasteiger partial charge in [0.15, 0.2) is 0 Å². The van der Waals surface area contributed by atoms with Crippen molar-refractivity contribution in [1.29, 1.82) is 0 Å². The van der Waals surface area contributed by atoms with Gasteiger partial charge in [0.2, 0.25) is 11.8 Å². The number of anilines is 1. The maximum atomic E-state index is 12.9. The van der Waals surface area contributed by atoms with Crippen LogP contribution >= 0.6 is 0 Å². The van der Waals surface area contributed by atoms with Crippen LogP contribution in [0.25, 0.3) is 0 Å². The van der Waals surface area contributed by atoms with Crippen LogP contribution in [0.5, 0.6) is 5.75 Å². The maximum absolute atomic E-state index is 12.9. The van der Waals surface area contributed by atoms with Crippen molar-refractivity contribution in [3.8, 4) is 5.75 Å². The lowest BCUT2D eigenvalue weighted by Crippen LogP contribution is -2.45. The van der Waals surface area contributed by atoms with E-state index >= 15 is 0 Å². The number of rotatable bonds is 6. The molecule has 28 heavy (non-hydrogen) atoms. The van der Waals surface area contributed by atoms with Gasteiger partial charge >= 0.3 is 6.03 Å². The Morgan fingerprint density at radius 1 is 1.25 bits per heavy atom. The highest BCUT2D eigenvalue weighted by Gasteiger charge is 2.40. The fourth-order valence-corrected chi connectivity index (χ4v) is 3.79. The molecule has 1 aliphatic carbocycles. The number of urea groups is 1. The third-order valence-electron chi connectivity index (χ3n) is 5.70. The smallest absolute Gasteiger partial charge is 0.322 e. The number of amides is 4. The minimum absolute atomic E-state index is 0.0377. The van der Waals surface area contributed by atoms with Crippen LogP contribution in [-0.4, -0.2) is 62.1 Å². The molecule has 2 unspecified atom stereocenters. The monoisotopic (exact) mass is 386 g/mol. The van der Waals surface area contributed by atoms with Gasteiger partial charge in [-0.15, -0.1) is 0 Å². The quantitative estimate of drug-likeness (QED) is 0.762. The van der Waals surface area contributed by atoms with Gasteiger partial charge in [-0.1, -0.05) is 6.07 Å². The molecule has 2 saturated heterocycles. The molecule has 2 aliphatic heterocycles. The molecule has 0 bridgehead atoms. The molecule has 8 nitrogen and oxygen atoms in total. The Hall–Kier alpha value is -2.77. The van der Waals surface area contributed by atoms with Gasteiger partial charge in [-0.05, 0) is 37.3 Å². The van der Waals surface area contributed by atoms with Gasteiger partial charge in [-0.3, -0.25) is 14.5 Å². The summed E-state index contributed by atoms with van der Waals surface area (Å²) in [6.07, 6.45) is 3.06. The Morgan fingerprint density at radius 3 is 2.82 bits per heavy atom. The summed E-state index contributed by atoms with van der Waals surface area (Å²) in [7, 11) is 1.57. The van der Waals surface area contributed by atoms with Crippen molar-refractivity contribution in [3.63, 3.8) is 0 Å². The van der Waals surface area contributed by atoms with Crippen molar-refractivity contribution in [3.05, 3.63) is 24.3 Å². The molecule has 3 fully saturated rings. The van der Waals surface area contributed by atoms with E-state index in [-0.39, 0.29) is 30.3 Å². The number of methoxy groups -OCH3 is 1. The minimum atomic E-state index is -0.605. The minimum Gasteiger partial charge on any atom is -0.497 e. The van der Waals surface area contributed by atoms with Crippen LogP contribution in [-0.2, 0) is 9.59 Å². The van der Waals surface area contributed by atoms with Crippen molar-refractivity contribution >= 4 is 23.5 Å². The normalized spacial score (nSPS) is 24.2. The molecule has 2 N–H and O–H groups in total. The predicted molar refractivity (Wildman–Crippen MR) is 103 cm³/mol. The molecule has 2 atom stereocenters. The predicted octanol–water partition coefficient (Wildman–Crippen LogP) is 0.968. The van der Waals surface area contributed by atoms with Gasteiger partial charge in [0, 0.05) is 31.4 Å². The third-order valence-corrected chi connectivity index (χ3v) is 5.70. The fourth-order valence-electron chi connectivity index (χ4n) is 3.79. The summed E-state index contributed by atoms with van der Waals surface area (Å²) in [6, 6.07) is 6.28. The molecule has 1 aromatic rings. The lowest BCUT2D eigenvalue weighted by Gasteiger charge is -2.20. The summed E-state index contributed by atoms with van der Waals surface area (Å²) in [4.78, 5) is 40.8. The molecule has 3 aliphatic rings. The number of likely N-dealkylation sites (tertiary alicyclic amines) is 1. The molecule has 0 spiro atoms. The van der Waals surface area contributed by atoms with E-state index in [1.807, 2.05) is 12.1 Å². The summed E-state index contributed by atoms with van der Waals surface area (Å²) < 4.78 is 5.21. The van der Waals surface area contributed by atoms with Crippen molar-refractivity contribution < 1.29 is 19.1 Å². The average molecular weight is 386 g/mol. The van der Waals surface area contributed by atoms with Gasteiger partial charge in [0.25, 0.3) is 0 Å². The fraction of sp³-hybridized carbons (Fsp3) is 0.550. The topological polar surface area (TPSA) is 91.0 Å². The van der Waals surface area contributed by atoms with E-state index in [2.05, 4.69) is 10.6 Å². The zero-order valence-corrected chi connectivity index (χ0v) is 16.0. The summed E-state index contributed by atoms with van der Waals surface area (Å²) in [5.74, 6) is 1.04. The molecule has 4 rings (SSSR count). The van der Waals surface area contributed by atoms with Crippen LogP contribution in [0, 0.1) is 11.8 Å². The number of carbonyl (C=O) groups excluding carboxylic acids is 3. The number of nitrogens with zero attached hydrogens (tertiary/aromatic N) is 2. The van der Waals surface area contributed by atoms with E-state index in [4.69, 9.17) is 4.74 Å². The Balaban J connectivity index is 1.33. The Morgan fingerprint density at radius 2 is 2.07 bits per heavy atom. The first-order valence-corrected chi connectivity index (χ1v) is 9.83. The maximum Gasteiger partial charge on any atom is 0.322 e. The SMILES string of the molecule is COc1cccc(N2CC(C(=O)N3CCC(C(=O)NCC4CC4)C3)NC2=O)c1. The van der Waals surface area contributed by atoms with Gasteiger partial charge in [0.05, 0.1) is 19.6 Å². The highest BCUT2D eigenvalue weighted by molar-refractivity contribution is 6.00. The Bertz CT molecular complexity index is 779. The van der Waals surface area contributed by atoms with Crippen molar-refractivity contribution in [2.24, 2.45) is 11.8 Å². The van der Waals surface area contributed by atoms with Gasteiger partial charge < -0.3 is 20.3 Å². The first kappa shape index (κ1) is 18.6. The standard InChI is InChI=1S/C20H26N4O4/c1-28-16-4-2-3-15(9-16)24-12-17(22-20(24)27)19(26)23-8-7-14(11-23)18(25)21-10-13-5-6-13/h2-4,9,13-14,17H,5-8,10-12H2,1H3,(H,21,25)(H,22,27). The highest BCUT2D eigenvalue weighted by Crippen LogP contribution is 2.28. The van der Waals surface area contributed by atoms with Gasteiger partial charge in [-0.25, -0.2) is 4.79 Å². The second kappa shape index (κ2) is 7.69. The summed E-state index contributed by atoms with van der Waals surface area (Å²) in [5.41, 5.74) is 0.686. The van der Waals surface area contributed by atoms with Crippen LogP contribution in [0.2, 0.25) is 0 Å². The largest absolute Gasteiger partial charge is 0.497 e. The molecule has 150 valence electrons. The van der Waals surface area contributed by atoms with E-state index in [0.717, 1.165) is 6.54 Å². The molecular weight excluding hydrogens is 360 g/mol. The van der Waals surface area contributed by atoms with Crippen LogP contribution in [0.15, 0.2) is 24.3 Å². The molecule has 8 heteroatoms. The van der Waals surface area contributed by atoms with E-state index in [0.29, 0.717) is 36.9 Å². The Labute approximate surface area is 164 Å². The zero-order chi connectivity index (χ0) is 19.7. The van der Waals surface area contributed by atoms with Crippen LogP contribution in [0.4, 0.5) is 10.5 Å². The average Bonchev–Trinajstić information content (AvgIpc) is 3.26. The number of hydrogen-bond donors (Lipinski definition) is 2. The molecular formula is C20H26N4O4. The van der Waals surface area contributed by atoms with E-state index in [1.54, 1.807) is 29.0 Å². The van der Waals surface area contributed by atoms with Crippen molar-refractivity contribution in [2.45, 2.75) is 25.3 Å². The molecule has 1 saturated carbocycles. The first-order valence-electron chi connectivity index (χ1n) is 9.83. The van der Waals surface area contributed by atoms with E-state index < -0.39 is 6.04 Å². The number of nitrogens with one attached hydrogen (secondary N) is 2. The van der Waals surface area contributed by atoms with Crippen molar-refractivity contribution in [2.75, 3.05) is 38.2 Å². The second-order valence-corrected chi connectivity index (χ2v) is 7.77. The van der Waals surface area contributed by atoms with Gasteiger partial charge in [-0.2, -0.15) is 0 Å². The molecule has 2 heterocycles. The lowest BCUT2D eigenvalue weighted by molar-refractivity contribution is -0.132. The summed E-state index contributed by atoms with van der Waals surface area (Å²) in [6.45, 7) is 1.98. The number of hydrogen-bond acceptors (Lipinski definition) is 4. The van der Waals surface area contributed by atoms with Crippen LogP contribution in [0.1, 0.15) is 19.3 Å². The first-order chi connectivity index (χ1) is 13.5. The van der Waals surface area contributed by atoms with Crippen LogP contribution < -0.4 is 20.3 Å². The number of ether oxygens (including phenoxy) is 1. The second-order valence-electron chi connectivity index (χ2n) is 7.77. The number of carbonyl (C=O) groups is 3. The summed E-state index contributed by atoms with van der Waals surface area (Å²) in [5, 5.41) is 5.76. The Kier molecular flexibility index (Phi) is 5.11. The molecule has 1 aromatic carbocycles. The zero-order valence-electron chi connectivity index (χ0n) is 16.0. The van der Waals surface area contributed by atoms with Crippen LogP contribution in [0.3, 0.4) is 0 Å². The number of benzene rings is 1. The van der Waals surface area contributed by atoms with Gasteiger partial charge in [0.1, 0.15) is 11.8 Å². The summed E-state index contributed by atoms with van der Waals surface area (Å²) >= 11 is 0. The van der Waals surface area contributed by atoms with Crippen molar-refractivity contribution in [1.82, 2.24) is 15.5 Å².